The lowest BCUT2D eigenvalue weighted by molar-refractivity contribution is 0.0343. The summed E-state index contributed by atoms with van der Waals surface area (Å²) in [6.45, 7) is 4.49. The molecule has 1 aliphatic rings. The molecule has 0 N–H and O–H groups in total. The van der Waals surface area contributed by atoms with Crippen molar-refractivity contribution in [1.82, 2.24) is 9.88 Å². The Kier molecular flexibility index (Phi) is 5.81. The van der Waals surface area contributed by atoms with Gasteiger partial charge in [-0.25, -0.2) is 0 Å². The van der Waals surface area contributed by atoms with E-state index in [2.05, 4.69) is 37.9 Å². The Balaban J connectivity index is 0.00000161. The summed E-state index contributed by atoms with van der Waals surface area (Å²) in [6.07, 6.45) is 1.80. The van der Waals surface area contributed by atoms with Crippen molar-refractivity contribution in [2.24, 2.45) is 0 Å². The van der Waals surface area contributed by atoms with E-state index in [0.29, 0.717) is 0 Å². The van der Waals surface area contributed by atoms with Gasteiger partial charge in [-0.3, -0.25) is 9.88 Å². The van der Waals surface area contributed by atoms with Crippen molar-refractivity contribution >= 4 is 39.2 Å². The summed E-state index contributed by atoms with van der Waals surface area (Å²) in [4.78, 5) is 6.88. The van der Waals surface area contributed by atoms with E-state index in [-0.39, 0.29) is 12.4 Å². The van der Waals surface area contributed by atoms with Crippen LogP contribution in [0.2, 0.25) is 0 Å². The first-order chi connectivity index (χ1) is 9.79. The Morgan fingerprint density at radius 1 is 1.38 bits per heavy atom. The normalized spacial score (nSPS) is 15.7. The number of methoxy groups -OCH3 is 1. The number of pyridine rings is 1. The molecule has 0 aliphatic carbocycles. The summed E-state index contributed by atoms with van der Waals surface area (Å²) in [7, 11) is 1.68. The average Bonchev–Trinajstić information content (AvgIpc) is 2.49. The lowest BCUT2D eigenvalue weighted by Crippen LogP contribution is -2.35. The van der Waals surface area contributed by atoms with Crippen molar-refractivity contribution in [2.75, 3.05) is 33.4 Å². The highest BCUT2D eigenvalue weighted by atomic mass is 79.9. The minimum atomic E-state index is 0. The second-order valence-electron chi connectivity index (χ2n) is 4.84. The first kappa shape index (κ1) is 16.5. The number of hydrogen-bond acceptors (Lipinski definition) is 4. The Hall–Kier alpha value is -0.880. The predicted octanol–water partition coefficient (Wildman–Crippen LogP) is 3.26. The standard InChI is InChI=1S/C15H17BrN2O2.ClH/c1-19-15-13(16)9-11(10-18-5-7-20-8-6-18)12-3-2-4-17-14(12)15;/h2-4,9H,5-8,10H2,1H3;1H. The van der Waals surface area contributed by atoms with Crippen LogP contribution >= 0.6 is 28.3 Å². The number of ether oxygens (including phenoxy) is 2. The lowest BCUT2D eigenvalue weighted by Gasteiger charge is -2.27. The second kappa shape index (κ2) is 7.40. The van der Waals surface area contributed by atoms with Gasteiger partial charge in [-0.1, -0.05) is 6.07 Å². The van der Waals surface area contributed by atoms with Gasteiger partial charge in [0.15, 0.2) is 5.75 Å². The maximum Gasteiger partial charge on any atom is 0.159 e. The molecule has 0 atom stereocenters. The van der Waals surface area contributed by atoms with Gasteiger partial charge < -0.3 is 9.47 Å². The smallest absolute Gasteiger partial charge is 0.159 e. The van der Waals surface area contributed by atoms with Crippen LogP contribution in [-0.4, -0.2) is 43.3 Å². The molecule has 1 aromatic carbocycles. The molecule has 114 valence electrons. The molecule has 2 aromatic rings. The fourth-order valence-electron chi connectivity index (χ4n) is 2.58. The number of aromatic nitrogens is 1. The molecule has 0 spiro atoms. The lowest BCUT2D eigenvalue weighted by atomic mass is 10.1. The zero-order valence-corrected chi connectivity index (χ0v) is 14.2. The molecule has 4 nitrogen and oxygen atoms in total. The van der Waals surface area contributed by atoms with Crippen LogP contribution < -0.4 is 4.74 Å². The first-order valence-electron chi connectivity index (χ1n) is 6.70. The fraction of sp³-hybridized carbons (Fsp3) is 0.400. The van der Waals surface area contributed by atoms with Crippen LogP contribution in [0, 0.1) is 0 Å². The van der Waals surface area contributed by atoms with Crippen molar-refractivity contribution < 1.29 is 9.47 Å². The highest BCUT2D eigenvalue weighted by Crippen LogP contribution is 2.35. The molecule has 0 unspecified atom stereocenters. The highest BCUT2D eigenvalue weighted by Gasteiger charge is 2.16. The number of nitrogens with zero attached hydrogens (tertiary/aromatic N) is 2. The van der Waals surface area contributed by atoms with E-state index in [4.69, 9.17) is 9.47 Å². The third-order valence-electron chi connectivity index (χ3n) is 3.59. The van der Waals surface area contributed by atoms with E-state index in [1.54, 1.807) is 13.3 Å². The molecular weight excluding hydrogens is 356 g/mol. The van der Waals surface area contributed by atoms with Gasteiger partial charge in [0.2, 0.25) is 0 Å². The molecule has 21 heavy (non-hydrogen) atoms. The Bertz CT molecular complexity index is 618. The van der Waals surface area contributed by atoms with E-state index in [0.717, 1.165) is 54.0 Å². The summed E-state index contributed by atoms with van der Waals surface area (Å²) in [5.41, 5.74) is 2.18. The number of hydrogen-bond donors (Lipinski definition) is 0. The molecule has 1 fully saturated rings. The monoisotopic (exact) mass is 372 g/mol. The van der Waals surface area contributed by atoms with Crippen LogP contribution in [0.3, 0.4) is 0 Å². The van der Waals surface area contributed by atoms with Gasteiger partial charge >= 0.3 is 0 Å². The molecular formula is C15H18BrClN2O2. The van der Waals surface area contributed by atoms with Gasteiger partial charge in [0, 0.05) is 31.2 Å². The quantitative estimate of drug-likeness (QED) is 0.827. The van der Waals surface area contributed by atoms with Gasteiger partial charge in [-0.15, -0.1) is 12.4 Å². The van der Waals surface area contributed by atoms with Crippen LogP contribution in [0.4, 0.5) is 0 Å². The second-order valence-corrected chi connectivity index (χ2v) is 5.69. The summed E-state index contributed by atoms with van der Waals surface area (Å²) >= 11 is 3.59. The largest absolute Gasteiger partial charge is 0.493 e. The van der Waals surface area contributed by atoms with Crippen molar-refractivity contribution in [3.8, 4) is 5.75 Å². The minimum Gasteiger partial charge on any atom is -0.493 e. The van der Waals surface area contributed by atoms with E-state index < -0.39 is 0 Å². The Labute approximate surface area is 139 Å². The molecule has 0 saturated carbocycles. The topological polar surface area (TPSA) is 34.6 Å². The van der Waals surface area contributed by atoms with Crippen LogP contribution in [0.15, 0.2) is 28.9 Å². The number of fused-ring (bicyclic) bond motifs is 1. The highest BCUT2D eigenvalue weighted by molar-refractivity contribution is 9.10. The molecule has 1 saturated heterocycles. The zero-order chi connectivity index (χ0) is 13.9. The maximum atomic E-state index is 5.46. The van der Waals surface area contributed by atoms with Crippen LogP contribution in [0.25, 0.3) is 10.9 Å². The zero-order valence-electron chi connectivity index (χ0n) is 11.8. The van der Waals surface area contributed by atoms with Gasteiger partial charge in [0.1, 0.15) is 5.52 Å². The molecule has 1 aliphatic heterocycles. The van der Waals surface area contributed by atoms with Gasteiger partial charge in [-0.2, -0.15) is 0 Å². The molecule has 1 aromatic heterocycles. The number of morpholine rings is 1. The number of benzene rings is 1. The van der Waals surface area contributed by atoms with Crippen molar-refractivity contribution in [2.45, 2.75) is 6.54 Å². The molecule has 2 heterocycles. The van der Waals surface area contributed by atoms with Crippen LogP contribution in [0.5, 0.6) is 5.75 Å². The van der Waals surface area contributed by atoms with Crippen molar-refractivity contribution in [3.63, 3.8) is 0 Å². The minimum absolute atomic E-state index is 0. The maximum absolute atomic E-state index is 5.46. The third kappa shape index (κ3) is 3.48. The van der Waals surface area contributed by atoms with Gasteiger partial charge in [-0.05, 0) is 33.6 Å². The average molecular weight is 374 g/mol. The van der Waals surface area contributed by atoms with Gasteiger partial charge in [0.25, 0.3) is 0 Å². The molecule has 6 heteroatoms. The summed E-state index contributed by atoms with van der Waals surface area (Å²) in [5, 5.41) is 1.15. The SMILES string of the molecule is COc1c(Br)cc(CN2CCOCC2)c2cccnc12.Cl. The first-order valence-corrected chi connectivity index (χ1v) is 7.49. The van der Waals surface area contributed by atoms with E-state index in [1.165, 1.54) is 5.56 Å². The summed E-state index contributed by atoms with van der Waals surface area (Å²) < 4.78 is 11.8. The number of rotatable bonds is 3. The molecule has 3 rings (SSSR count). The van der Waals surface area contributed by atoms with Crippen molar-refractivity contribution in [1.29, 1.82) is 0 Å². The predicted molar refractivity (Wildman–Crippen MR) is 89.3 cm³/mol. The number of halogens is 2. The van der Waals surface area contributed by atoms with E-state index in [1.807, 2.05) is 6.07 Å². The van der Waals surface area contributed by atoms with E-state index in [9.17, 15) is 0 Å². The molecule has 0 amide bonds. The molecule has 0 bridgehead atoms. The van der Waals surface area contributed by atoms with Crippen LogP contribution in [0.1, 0.15) is 5.56 Å². The summed E-state index contributed by atoms with van der Waals surface area (Å²) in [6, 6.07) is 6.21. The summed E-state index contributed by atoms with van der Waals surface area (Å²) in [5.74, 6) is 0.798. The van der Waals surface area contributed by atoms with Crippen LogP contribution in [-0.2, 0) is 11.3 Å². The fourth-order valence-corrected chi connectivity index (χ4v) is 3.21. The van der Waals surface area contributed by atoms with Crippen molar-refractivity contribution in [3.05, 3.63) is 34.4 Å². The molecule has 0 radical (unpaired) electrons. The third-order valence-corrected chi connectivity index (χ3v) is 4.18. The van der Waals surface area contributed by atoms with E-state index >= 15 is 0 Å². The Morgan fingerprint density at radius 3 is 2.86 bits per heavy atom. The van der Waals surface area contributed by atoms with Gasteiger partial charge in [0.05, 0.1) is 24.8 Å². The Morgan fingerprint density at radius 2 is 2.14 bits per heavy atom.